The Kier molecular flexibility index (Phi) is 4.92. The van der Waals surface area contributed by atoms with Crippen LogP contribution in [-0.4, -0.2) is 30.9 Å². The predicted octanol–water partition coefficient (Wildman–Crippen LogP) is 4.03. The molecule has 110 valence electrons. The molecule has 1 aromatic carbocycles. The molecule has 1 aromatic rings. The van der Waals surface area contributed by atoms with Crippen LogP contribution in [0.3, 0.4) is 0 Å². The van der Waals surface area contributed by atoms with Crippen molar-refractivity contribution in [1.82, 2.24) is 4.90 Å². The smallest absolute Gasteiger partial charge is 0.255 e. The summed E-state index contributed by atoms with van der Waals surface area (Å²) in [4.78, 5) is 13.8. The van der Waals surface area contributed by atoms with Gasteiger partial charge in [-0.2, -0.15) is 0 Å². The molecule has 0 spiro atoms. The van der Waals surface area contributed by atoms with E-state index in [1.807, 2.05) is 6.07 Å². The van der Waals surface area contributed by atoms with E-state index in [9.17, 15) is 4.79 Å². The number of amides is 1. The van der Waals surface area contributed by atoms with Crippen molar-refractivity contribution < 1.29 is 4.79 Å². The van der Waals surface area contributed by atoms with E-state index in [1.54, 1.807) is 31.1 Å². The summed E-state index contributed by atoms with van der Waals surface area (Å²) in [6, 6.07) is 5.76. The van der Waals surface area contributed by atoms with Crippen LogP contribution < -0.4 is 5.32 Å². The van der Waals surface area contributed by atoms with Crippen LogP contribution in [0.4, 0.5) is 5.69 Å². The van der Waals surface area contributed by atoms with Gasteiger partial charge < -0.3 is 10.2 Å². The number of carbonyl (C=O) groups is 1. The first-order valence-electron chi connectivity index (χ1n) is 7.25. The van der Waals surface area contributed by atoms with Crippen LogP contribution in [-0.2, 0) is 0 Å². The van der Waals surface area contributed by atoms with Gasteiger partial charge in [-0.05, 0) is 37.5 Å². The fourth-order valence-corrected chi connectivity index (χ4v) is 2.79. The number of anilines is 1. The standard InChI is InChI=1S/C16H23ClN2O/c1-11(9-12-5-4-6-12)18-15-10-13(17)7-8-14(15)16(20)19(2)3/h7-8,10-12,18H,4-6,9H2,1-3H3. The Balaban J connectivity index is 2.11. The van der Waals surface area contributed by atoms with Crippen molar-refractivity contribution in [1.29, 1.82) is 0 Å². The van der Waals surface area contributed by atoms with Crippen molar-refractivity contribution in [2.45, 2.75) is 38.6 Å². The Morgan fingerprint density at radius 1 is 1.45 bits per heavy atom. The van der Waals surface area contributed by atoms with E-state index in [-0.39, 0.29) is 5.91 Å². The van der Waals surface area contributed by atoms with Gasteiger partial charge >= 0.3 is 0 Å². The van der Waals surface area contributed by atoms with E-state index in [2.05, 4.69) is 12.2 Å². The van der Waals surface area contributed by atoms with Crippen molar-refractivity contribution >= 4 is 23.2 Å². The second kappa shape index (κ2) is 6.49. The highest BCUT2D eigenvalue weighted by Gasteiger charge is 2.21. The van der Waals surface area contributed by atoms with Gasteiger partial charge in [0.2, 0.25) is 0 Å². The molecule has 0 aliphatic heterocycles. The third-order valence-electron chi connectivity index (χ3n) is 3.93. The molecule has 2 rings (SSSR count). The maximum absolute atomic E-state index is 12.2. The summed E-state index contributed by atoms with van der Waals surface area (Å²) in [6.07, 6.45) is 5.19. The second-order valence-corrected chi connectivity index (χ2v) is 6.40. The average molecular weight is 295 g/mol. The van der Waals surface area contributed by atoms with Crippen LogP contribution in [0.1, 0.15) is 43.0 Å². The summed E-state index contributed by atoms with van der Waals surface area (Å²) in [7, 11) is 3.52. The number of hydrogen-bond acceptors (Lipinski definition) is 2. The summed E-state index contributed by atoms with van der Waals surface area (Å²) in [5, 5.41) is 4.11. The van der Waals surface area contributed by atoms with Crippen molar-refractivity contribution in [2.75, 3.05) is 19.4 Å². The maximum Gasteiger partial charge on any atom is 0.255 e. The molecule has 3 nitrogen and oxygen atoms in total. The van der Waals surface area contributed by atoms with E-state index in [4.69, 9.17) is 11.6 Å². The van der Waals surface area contributed by atoms with E-state index in [0.29, 0.717) is 16.6 Å². The zero-order valence-electron chi connectivity index (χ0n) is 12.4. The lowest BCUT2D eigenvalue weighted by Crippen LogP contribution is -2.26. The van der Waals surface area contributed by atoms with Gasteiger partial charge in [-0.3, -0.25) is 4.79 Å². The van der Waals surface area contributed by atoms with E-state index in [1.165, 1.54) is 19.3 Å². The number of benzene rings is 1. The summed E-state index contributed by atoms with van der Waals surface area (Å²) < 4.78 is 0. The predicted molar refractivity (Wildman–Crippen MR) is 84.5 cm³/mol. The molecule has 4 heteroatoms. The van der Waals surface area contributed by atoms with Gasteiger partial charge in [-0.15, -0.1) is 0 Å². The molecule has 1 aliphatic carbocycles. The number of nitrogens with one attached hydrogen (secondary N) is 1. The fraction of sp³-hybridized carbons (Fsp3) is 0.562. The first-order valence-corrected chi connectivity index (χ1v) is 7.63. The summed E-state index contributed by atoms with van der Waals surface area (Å²) >= 11 is 6.06. The molecule has 1 saturated carbocycles. The lowest BCUT2D eigenvalue weighted by molar-refractivity contribution is 0.0828. The number of halogens is 1. The van der Waals surface area contributed by atoms with Crippen molar-refractivity contribution in [3.8, 4) is 0 Å². The molecule has 0 heterocycles. The van der Waals surface area contributed by atoms with E-state index in [0.717, 1.165) is 18.0 Å². The maximum atomic E-state index is 12.2. The molecule has 1 atom stereocenters. The number of nitrogens with zero attached hydrogens (tertiary/aromatic N) is 1. The van der Waals surface area contributed by atoms with Crippen LogP contribution in [0, 0.1) is 5.92 Å². The Labute approximate surface area is 126 Å². The fourth-order valence-electron chi connectivity index (χ4n) is 2.62. The van der Waals surface area contributed by atoms with Gasteiger partial charge in [0.25, 0.3) is 5.91 Å². The van der Waals surface area contributed by atoms with E-state index < -0.39 is 0 Å². The number of hydrogen-bond donors (Lipinski definition) is 1. The molecule has 1 amide bonds. The number of rotatable bonds is 5. The van der Waals surface area contributed by atoms with Crippen molar-refractivity contribution in [2.24, 2.45) is 5.92 Å². The van der Waals surface area contributed by atoms with E-state index >= 15 is 0 Å². The largest absolute Gasteiger partial charge is 0.382 e. The Morgan fingerprint density at radius 3 is 2.70 bits per heavy atom. The minimum absolute atomic E-state index is 0.0000100. The Morgan fingerprint density at radius 2 is 2.15 bits per heavy atom. The van der Waals surface area contributed by atoms with Crippen LogP contribution in [0.2, 0.25) is 5.02 Å². The van der Waals surface area contributed by atoms with Gasteiger partial charge in [0, 0.05) is 30.8 Å². The molecule has 0 bridgehead atoms. The lowest BCUT2D eigenvalue weighted by Gasteiger charge is -2.29. The average Bonchev–Trinajstić information content (AvgIpc) is 2.33. The highest BCUT2D eigenvalue weighted by atomic mass is 35.5. The summed E-state index contributed by atoms with van der Waals surface area (Å²) in [6.45, 7) is 2.17. The highest BCUT2D eigenvalue weighted by molar-refractivity contribution is 6.31. The highest BCUT2D eigenvalue weighted by Crippen LogP contribution is 2.32. The summed E-state index contributed by atoms with van der Waals surface area (Å²) in [5.74, 6) is 0.838. The molecule has 1 unspecified atom stereocenters. The molecule has 0 saturated heterocycles. The lowest BCUT2D eigenvalue weighted by atomic mass is 9.81. The molecule has 0 aromatic heterocycles. The number of carbonyl (C=O) groups excluding carboxylic acids is 1. The minimum Gasteiger partial charge on any atom is -0.382 e. The van der Waals surface area contributed by atoms with Gasteiger partial charge in [0.05, 0.1) is 5.56 Å². The zero-order chi connectivity index (χ0) is 14.7. The van der Waals surface area contributed by atoms with Gasteiger partial charge in [-0.1, -0.05) is 30.9 Å². The minimum atomic E-state index is 0.0000100. The summed E-state index contributed by atoms with van der Waals surface area (Å²) in [5.41, 5.74) is 1.52. The van der Waals surface area contributed by atoms with Crippen LogP contribution in [0.5, 0.6) is 0 Å². The molecule has 20 heavy (non-hydrogen) atoms. The molecule has 0 radical (unpaired) electrons. The first-order chi connectivity index (χ1) is 9.47. The molecule has 1 aliphatic rings. The van der Waals surface area contributed by atoms with Gasteiger partial charge in [-0.25, -0.2) is 0 Å². The second-order valence-electron chi connectivity index (χ2n) is 5.97. The quantitative estimate of drug-likeness (QED) is 0.889. The normalized spacial score (nSPS) is 16.4. The zero-order valence-corrected chi connectivity index (χ0v) is 13.2. The molecule has 1 fully saturated rings. The first kappa shape index (κ1) is 15.2. The third-order valence-corrected chi connectivity index (χ3v) is 4.17. The SMILES string of the molecule is CC(CC1CCC1)Nc1cc(Cl)ccc1C(=O)N(C)C. The van der Waals surface area contributed by atoms with Gasteiger partial charge in [0.1, 0.15) is 0 Å². The van der Waals surface area contributed by atoms with Gasteiger partial charge in [0.15, 0.2) is 0 Å². The monoisotopic (exact) mass is 294 g/mol. The Hall–Kier alpha value is -1.22. The van der Waals surface area contributed by atoms with Crippen molar-refractivity contribution in [3.05, 3.63) is 28.8 Å². The molecular weight excluding hydrogens is 272 g/mol. The van der Waals surface area contributed by atoms with Crippen LogP contribution in [0.15, 0.2) is 18.2 Å². The topological polar surface area (TPSA) is 32.3 Å². The van der Waals surface area contributed by atoms with Crippen LogP contribution in [0.25, 0.3) is 0 Å². The van der Waals surface area contributed by atoms with Crippen LogP contribution >= 0.6 is 11.6 Å². The molecular formula is C16H23ClN2O. The molecule has 1 N–H and O–H groups in total. The third kappa shape index (κ3) is 3.66. The Bertz CT molecular complexity index is 483. The van der Waals surface area contributed by atoms with Crippen molar-refractivity contribution in [3.63, 3.8) is 0 Å².